The van der Waals surface area contributed by atoms with Crippen LogP contribution < -0.4 is 14.9 Å². The quantitative estimate of drug-likeness (QED) is 0.629. The van der Waals surface area contributed by atoms with Gasteiger partial charge in [-0.15, -0.1) is 0 Å². The number of methoxy groups -OCH3 is 1. The van der Waals surface area contributed by atoms with E-state index in [0.717, 1.165) is 15.6 Å². The van der Waals surface area contributed by atoms with Crippen LogP contribution >= 0.6 is 15.9 Å². The van der Waals surface area contributed by atoms with Crippen LogP contribution in [0.4, 0.5) is 0 Å². The molecule has 1 N–H and O–H groups in total. The fourth-order valence-electron chi connectivity index (χ4n) is 2.28. The first-order valence-electron chi connectivity index (χ1n) is 7.19. The van der Waals surface area contributed by atoms with Gasteiger partial charge in [0.15, 0.2) is 17.6 Å². The molecule has 24 heavy (non-hydrogen) atoms. The predicted octanol–water partition coefficient (Wildman–Crippen LogP) is 3.02. The third kappa shape index (κ3) is 3.58. The summed E-state index contributed by atoms with van der Waals surface area (Å²) in [6.45, 7) is 0.200. The van der Waals surface area contributed by atoms with Crippen molar-refractivity contribution in [2.75, 3.05) is 13.9 Å². The minimum Gasteiger partial charge on any atom is -0.454 e. The van der Waals surface area contributed by atoms with E-state index in [2.05, 4.69) is 26.5 Å². The third-order valence-electron chi connectivity index (χ3n) is 3.45. The number of hydrogen-bond acceptors (Lipinski definition) is 5. The van der Waals surface area contributed by atoms with Gasteiger partial charge in [-0.3, -0.25) is 4.79 Å². The van der Waals surface area contributed by atoms with Crippen LogP contribution in [0.25, 0.3) is 0 Å². The second kappa shape index (κ2) is 7.46. The van der Waals surface area contributed by atoms with E-state index in [-0.39, 0.29) is 12.7 Å². The van der Waals surface area contributed by atoms with E-state index in [1.54, 1.807) is 12.1 Å². The van der Waals surface area contributed by atoms with E-state index in [1.807, 2.05) is 30.3 Å². The lowest BCUT2D eigenvalue weighted by atomic mass is 10.1. The number of fused-ring (bicyclic) bond motifs is 1. The van der Waals surface area contributed by atoms with Crippen molar-refractivity contribution in [3.63, 3.8) is 0 Å². The molecule has 1 aliphatic rings. The summed E-state index contributed by atoms with van der Waals surface area (Å²) in [4.78, 5) is 12.2. The largest absolute Gasteiger partial charge is 0.454 e. The van der Waals surface area contributed by atoms with Gasteiger partial charge >= 0.3 is 0 Å². The molecule has 7 heteroatoms. The van der Waals surface area contributed by atoms with Gasteiger partial charge in [-0.25, -0.2) is 5.43 Å². The number of carbonyl (C=O) groups excluding carboxylic acids is 1. The molecule has 0 aromatic heterocycles. The highest BCUT2D eigenvalue weighted by Crippen LogP contribution is 2.36. The summed E-state index contributed by atoms with van der Waals surface area (Å²) in [7, 11) is 1.48. The van der Waals surface area contributed by atoms with Gasteiger partial charge < -0.3 is 14.2 Å². The Kier molecular flexibility index (Phi) is 5.12. The SMILES string of the molecule is COC(C(=O)NN=Cc1cc2c(cc1Br)OCO2)c1ccccc1. The minimum atomic E-state index is -0.719. The van der Waals surface area contributed by atoms with E-state index in [1.165, 1.54) is 13.3 Å². The van der Waals surface area contributed by atoms with Crippen molar-refractivity contribution in [1.29, 1.82) is 0 Å². The number of halogens is 1. The third-order valence-corrected chi connectivity index (χ3v) is 4.13. The highest BCUT2D eigenvalue weighted by atomic mass is 79.9. The van der Waals surface area contributed by atoms with Crippen LogP contribution in [0.3, 0.4) is 0 Å². The molecule has 0 saturated heterocycles. The van der Waals surface area contributed by atoms with Gasteiger partial charge in [-0.2, -0.15) is 5.10 Å². The second-order valence-corrected chi connectivity index (χ2v) is 5.84. The van der Waals surface area contributed by atoms with Crippen molar-refractivity contribution in [2.24, 2.45) is 5.10 Å². The Morgan fingerprint density at radius 1 is 1.29 bits per heavy atom. The number of hydrazone groups is 1. The lowest BCUT2D eigenvalue weighted by Gasteiger charge is -2.13. The van der Waals surface area contributed by atoms with Crippen molar-refractivity contribution in [3.8, 4) is 11.5 Å². The standard InChI is InChI=1S/C17H15BrN2O4/c1-22-16(11-5-3-2-4-6-11)17(21)20-19-9-12-7-14-15(8-13(12)18)24-10-23-14/h2-9,16H,10H2,1H3,(H,20,21). The molecule has 1 unspecified atom stereocenters. The Bertz CT molecular complexity index is 765. The van der Waals surface area contributed by atoms with Gasteiger partial charge in [0.05, 0.1) is 6.21 Å². The Balaban J connectivity index is 1.69. The number of nitrogens with one attached hydrogen (secondary N) is 1. The first-order valence-corrected chi connectivity index (χ1v) is 7.98. The van der Waals surface area contributed by atoms with Gasteiger partial charge in [-0.1, -0.05) is 30.3 Å². The number of hydrogen-bond donors (Lipinski definition) is 1. The molecule has 0 bridgehead atoms. The number of nitrogens with zero attached hydrogens (tertiary/aromatic N) is 1. The minimum absolute atomic E-state index is 0.200. The zero-order chi connectivity index (χ0) is 16.9. The zero-order valence-electron chi connectivity index (χ0n) is 12.9. The van der Waals surface area contributed by atoms with Crippen LogP contribution in [-0.4, -0.2) is 26.0 Å². The Labute approximate surface area is 147 Å². The Hall–Kier alpha value is -2.38. The van der Waals surface area contributed by atoms with E-state index in [0.29, 0.717) is 11.5 Å². The molecule has 2 aromatic carbocycles. The van der Waals surface area contributed by atoms with E-state index in [4.69, 9.17) is 14.2 Å². The molecule has 1 amide bonds. The summed E-state index contributed by atoms with van der Waals surface area (Å²) in [6, 6.07) is 12.8. The molecule has 0 fully saturated rings. The second-order valence-electron chi connectivity index (χ2n) is 4.99. The van der Waals surface area contributed by atoms with Crippen LogP contribution in [-0.2, 0) is 9.53 Å². The fraction of sp³-hybridized carbons (Fsp3) is 0.176. The lowest BCUT2D eigenvalue weighted by Crippen LogP contribution is -2.26. The predicted molar refractivity (Wildman–Crippen MR) is 92.2 cm³/mol. The van der Waals surface area contributed by atoms with E-state index >= 15 is 0 Å². The van der Waals surface area contributed by atoms with Crippen molar-refractivity contribution < 1.29 is 19.0 Å². The molecule has 124 valence electrons. The molecule has 1 heterocycles. The molecule has 0 saturated carbocycles. The van der Waals surface area contributed by atoms with Gasteiger partial charge in [0.25, 0.3) is 5.91 Å². The van der Waals surface area contributed by atoms with Crippen LogP contribution in [0.1, 0.15) is 17.2 Å². The maximum Gasteiger partial charge on any atom is 0.273 e. The number of benzene rings is 2. The molecule has 0 aliphatic carbocycles. The summed E-state index contributed by atoms with van der Waals surface area (Å²) >= 11 is 3.43. The highest BCUT2D eigenvalue weighted by molar-refractivity contribution is 9.10. The average Bonchev–Trinajstić information content (AvgIpc) is 3.04. The molecular formula is C17H15BrN2O4. The van der Waals surface area contributed by atoms with Gasteiger partial charge in [0.2, 0.25) is 6.79 Å². The van der Waals surface area contributed by atoms with Crippen molar-refractivity contribution in [3.05, 3.63) is 58.1 Å². The lowest BCUT2D eigenvalue weighted by molar-refractivity contribution is -0.131. The van der Waals surface area contributed by atoms with E-state index in [9.17, 15) is 4.79 Å². The average molecular weight is 391 g/mol. The fourth-order valence-corrected chi connectivity index (χ4v) is 2.70. The Morgan fingerprint density at radius 3 is 2.71 bits per heavy atom. The molecule has 3 rings (SSSR count). The maximum atomic E-state index is 12.2. The summed E-state index contributed by atoms with van der Waals surface area (Å²) in [5.74, 6) is 0.966. The van der Waals surface area contributed by atoms with Gasteiger partial charge in [-0.05, 0) is 33.6 Å². The topological polar surface area (TPSA) is 69.2 Å². The number of rotatable bonds is 5. The van der Waals surface area contributed by atoms with Crippen molar-refractivity contribution in [2.45, 2.75) is 6.10 Å². The summed E-state index contributed by atoms with van der Waals surface area (Å²) in [6.07, 6.45) is 0.810. The summed E-state index contributed by atoms with van der Waals surface area (Å²) in [5.41, 5.74) is 4.01. The van der Waals surface area contributed by atoms with Crippen molar-refractivity contribution in [1.82, 2.24) is 5.43 Å². The molecule has 0 spiro atoms. The van der Waals surface area contributed by atoms with E-state index < -0.39 is 6.10 Å². The number of ether oxygens (including phenoxy) is 3. The maximum absolute atomic E-state index is 12.2. The number of carbonyl (C=O) groups is 1. The smallest absolute Gasteiger partial charge is 0.273 e. The highest BCUT2D eigenvalue weighted by Gasteiger charge is 2.19. The van der Waals surface area contributed by atoms with Crippen molar-refractivity contribution >= 4 is 28.1 Å². The molecule has 2 aromatic rings. The van der Waals surface area contributed by atoms with Crippen LogP contribution in [0.5, 0.6) is 11.5 Å². The first-order chi connectivity index (χ1) is 11.7. The monoisotopic (exact) mass is 390 g/mol. The Morgan fingerprint density at radius 2 is 2.00 bits per heavy atom. The normalized spacial score (nSPS) is 13.9. The van der Waals surface area contributed by atoms with Crippen LogP contribution in [0.15, 0.2) is 52.0 Å². The van der Waals surface area contributed by atoms with Gasteiger partial charge in [0.1, 0.15) is 0 Å². The van der Waals surface area contributed by atoms with Crippen LogP contribution in [0, 0.1) is 0 Å². The van der Waals surface area contributed by atoms with Gasteiger partial charge in [0, 0.05) is 17.1 Å². The molecular weight excluding hydrogens is 376 g/mol. The molecule has 1 aliphatic heterocycles. The number of amides is 1. The van der Waals surface area contributed by atoms with Crippen LogP contribution in [0.2, 0.25) is 0 Å². The first kappa shape index (κ1) is 16.5. The molecule has 0 radical (unpaired) electrons. The summed E-state index contributed by atoms with van der Waals surface area (Å²) < 4.78 is 16.7. The zero-order valence-corrected chi connectivity index (χ0v) is 14.4. The molecule has 1 atom stereocenters. The summed E-state index contributed by atoms with van der Waals surface area (Å²) in [5, 5.41) is 3.99. The molecule has 6 nitrogen and oxygen atoms in total.